The molecule has 3 N–H and O–H groups in total. The van der Waals surface area contributed by atoms with Gasteiger partial charge in [-0.15, -0.1) is 0 Å². The number of anilines is 2. The second-order valence-corrected chi connectivity index (χ2v) is 6.64. The van der Waals surface area contributed by atoms with Crippen LogP contribution >= 0.6 is 15.9 Å². The van der Waals surface area contributed by atoms with E-state index in [9.17, 15) is 12.8 Å². The molecule has 8 heteroatoms. The van der Waals surface area contributed by atoms with Crippen molar-refractivity contribution < 1.29 is 12.8 Å². The summed E-state index contributed by atoms with van der Waals surface area (Å²) in [6.45, 7) is 1.79. The molecule has 0 aliphatic heterocycles. The molecule has 0 saturated heterocycles. The van der Waals surface area contributed by atoms with Crippen molar-refractivity contribution >= 4 is 37.5 Å². The third kappa shape index (κ3) is 3.07. The Morgan fingerprint density at radius 1 is 1.35 bits per heavy atom. The van der Waals surface area contributed by atoms with Gasteiger partial charge in [-0.05, 0) is 52.7 Å². The zero-order valence-electron chi connectivity index (χ0n) is 10.4. The van der Waals surface area contributed by atoms with E-state index in [2.05, 4.69) is 25.6 Å². The van der Waals surface area contributed by atoms with E-state index in [1.807, 2.05) is 0 Å². The summed E-state index contributed by atoms with van der Waals surface area (Å²) in [5.41, 5.74) is 6.50. The van der Waals surface area contributed by atoms with Crippen molar-refractivity contribution in [2.45, 2.75) is 11.8 Å². The summed E-state index contributed by atoms with van der Waals surface area (Å²) in [7, 11) is -4.10. The number of halogens is 2. The molecule has 1 aromatic heterocycles. The first kappa shape index (κ1) is 14.7. The van der Waals surface area contributed by atoms with E-state index >= 15 is 0 Å². The fourth-order valence-corrected chi connectivity index (χ4v) is 3.31. The van der Waals surface area contributed by atoms with Crippen LogP contribution < -0.4 is 10.5 Å². The highest BCUT2D eigenvalue weighted by atomic mass is 79.9. The van der Waals surface area contributed by atoms with Crippen molar-refractivity contribution in [2.75, 3.05) is 10.5 Å². The Hall–Kier alpha value is -1.67. The second-order valence-electron chi connectivity index (χ2n) is 4.14. The summed E-state index contributed by atoms with van der Waals surface area (Å²) < 4.78 is 40.5. The standard InChI is InChI=1S/C12H11BrFN3O2S/c1-7-2-3-16-11(4-7)17-20(18,19)10-6-8(15)5-9(13)12(10)14/h2-6H,15H2,1H3,(H,16,17). The fourth-order valence-electron chi connectivity index (χ4n) is 1.56. The van der Waals surface area contributed by atoms with Gasteiger partial charge in [-0.1, -0.05) is 0 Å². The average molecular weight is 360 g/mol. The van der Waals surface area contributed by atoms with Crippen LogP contribution in [0.15, 0.2) is 39.8 Å². The van der Waals surface area contributed by atoms with Crippen molar-refractivity contribution in [3.05, 3.63) is 46.3 Å². The maximum absolute atomic E-state index is 13.9. The summed E-state index contributed by atoms with van der Waals surface area (Å²) in [6.07, 6.45) is 1.46. The molecule has 0 fully saturated rings. The van der Waals surface area contributed by atoms with Crippen LogP contribution in [-0.4, -0.2) is 13.4 Å². The van der Waals surface area contributed by atoms with Gasteiger partial charge >= 0.3 is 0 Å². The van der Waals surface area contributed by atoms with E-state index in [1.165, 1.54) is 18.3 Å². The van der Waals surface area contributed by atoms with Crippen LogP contribution in [0.2, 0.25) is 0 Å². The van der Waals surface area contributed by atoms with Crippen molar-refractivity contribution in [3.8, 4) is 0 Å². The number of hydrogen-bond donors (Lipinski definition) is 2. The maximum atomic E-state index is 13.9. The smallest absolute Gasteiger partial charge is 0.266 e. The molecule has 0 spiro atoms. The highest BCUT2D eigenvalue weighted by Crippen LogP contribution is 2.27. The minimum absolute atomic E-state index is 0.0184. The number of rotatable bonds is 3. The number of hydrogen-bond acceptors (Lipinski definition) is 4. The number of aromatic nitrogens is 1. The maximum Gasteiger partial charge on any atom is 0.266 e. The molecule has 0 amide bonds. The third-order valence-electron chi connectivity index (χ3n) is 2.46. The lowest BCUT2D eigenvalue weighted by Gasteiger charge is -2.10. The number of pyridine rings is 1. The number of nitrogen functional groups attached to an aromatic ring is 1. The van der Waals surface area contributed by atoms with E-state index in [0.29, 0.717) is 0 Å². The molecule has 0 atom stereocenters. The molecule has 0 unspecified atom stereocenters. The number of nitrogens with two attached hydrogens (primary N) is 1. The Morgan fingerprint density at radius 3 is 2.70 bits per heavy atom. The molecule has 0 aliphatic rings. The number of sulfonamides is 1. The summed E-state index contributed by atoms with van der Waals surface area (Å²) >= 11 is 2.92. The number of aryl methyl sites for hydroxylation is 1. The number of nitrogens with one attached hydrogen (secondary N) is 1. The zero-order valence-corrected chi connectivity index (χ0v) is 12.8. The number of nitrogens with zero attached hydrogens (tertiary/aromatic N) is 1. The summed E-state index contributed by atoms with van der Waals surface area (Å²) in [5.74, 6) is -0.790. The lowest BCUT2D eigenvalue weighted by atomic mass is 10.3. The Kier molecular flexibility index (Phi) is 3.96. The SMILES string of the molecule is Cc1ccnc(NS(=O)(=O)c2cc(N)cc(Br)c2F)c1. The summed E-state index contributed by atoms with van der Waals surface area (Å²) in [5, 5.41) is 0. The first-order valence-corrected chi connectivity index (χ1v) is 7.77. The molecule has 0 radical (unpaired) electrons. The Labute approximate surface area is 124 Å². The predicted octanol–water partition coefficient (Wildman–Crippen LogP) is 2.67. The van der Waals surface area contributed by atoms with Crippen LogP contribution in [0.1, 0.15) is 5.56 Å². The molecule has 106 valence electrons. The molecule has 0 saturated carbocycles. The van der Waals surface area contributed by atoms with Gasteiger partial charge in [0.05, 0.1) is 4.47 Å². The number of benzene rings is 1. The van der Waals surface area contributed by atoms with E-state index in [-0.39, 0.29) is 16.0 Å². The monoisotopic (exact) mass is 359 g/mol. The molecule has 20 heavy (non-hydrogen) atoms. The first-order valence-electron chi connectivity index (χ1n) is 5.49. The molecule has 0 aliphatic carbocycles. The van der Waals surface area contributed by atoms with Gasteiger partial charge < -0.3 is 5.73 Å². The molecular weight excluding hydrogens is 349 g/mol. The van der Waals surface area contributed by atoms with E-state index in [0.717, 1.165) is 11.6 Å². The van der Waals surface area contributed by atoms with Crippen LogP contribution in [0.3, 0.4) is 0 Å². The van der Waals surface area contributed by atoms with Crippen LogP contribution in [0.5, 0.6) is 0 Å². The van der Waals surface area contributed by atoms with Crippen molar-refractivity contribution in [3.63, 3.8) is 0 Å². The van der Waals surface area contributed by atoms with Crippen molar-refractivity contribution in [2.24, 2.45) is 0 Å². The normalized spacial score (nSPS) is 11.3. The fraction of sp³-hybridized carbons (Fsp3) is 0.0833. The molecular formula is C12H11BrFN3O2S. The van der Waals surface area contributed by atoms with Gasteiger partial charge in [0.15, 0.2) is 5.82 Å². The molecule has 5 nitrogen and oxygen atoms in total. The largest absolute Gasteiger partial charge is 0.399 e. The minimum atomic E-state index is -4.10. The van der Waals surface area contributed by atoms with Gasteiger partial charge in [0, 0.05) is 11.9 Å². The van der Waals surface area contributed by atoms with Crippen LogP contribution in [0.25, 0.3) is 0 Å². The average Bonchev–Trinajstić information content (AvgIpc) is 2.33. The Bertz CT molecular complexity index is 765. The van der Waals surface area contributed by atoms with Gasteiger partial charge in [0.1, 0.15) is 10.7 Å². The van der Waals surface area contributed by atoms with Crippen LogP contribution in [-0.2, 0) is 10.0 Å². The lowest BCUT2D eigenvalue weighted by Crippen LogP contribution is -2.16. The molecule has 0 bridgehead atoms. The van der Waals surface area contributed by atoms with Crippen molar-refractivity contribution in [1.82, 2.24) is 4.98 Å². The van der Waals surface area contributed by atoms with Crippen LogP contribution in [0, 0.1) is 12.7 Å². The predicted molar refractivity (Wildman–Crippen MR) is 78.3 cm³/mol. The van der Waals surface area contributed by atoms with Crippen molar-refractivity contribution in [1.29, 1.82) is 0 Å². The highest BCUT2D eigenvalue weighted by Gasteiger charge is 2.22. The topological polar surface area (TPSA) is 85.1 Å². The quantitative estimate of drug-likeness (QED) is 0.825. The molecule has 2 rings (SSSR count). The van der Waals surface area contributed by atoms with Gasteiger partial charge in [-0.2, -0.15) is 0 Å². The van der Waals surface area contributed by atoms with Gasteiger partial charge in [-0.25, -0.2) is 17.8 Å². The van der Waals surface area contributed by atoms with Gasteiger partial charge in [0.2, 0.25) is 0 Å². The van der Waals surface area contributed by atoms with Crippen LogP contribution in [0.4, 0.5) is 15.9 Å². The minimum Gasteiger partial charge on any atom is -0.399 e. The summed E-state index contributed by atoms with van der Waals surface area (Å²) in [6, 6.07) is 5.60. The molecule has 1 heterocycles. The molecule has 1 aromatic carbocycles. The van der Waals surface area contributed by atoms with E-state index in [4.69, 9.17) is 5.73 Å². The Morgan fingerprint density at radius 2 is 2.05 bits per heavy atom. The third-order valence-corrected chi connectivity index (χ3v) is 4.39. The second kappa shape index (κ2) is 5.37. The molecule has 2 aromatic rings. The van der Waals surface area contributed by atoms with E-state index < -0.39 is 20.7 Å². The van der Waals surface area contributed by atoms with Gasteiger partial charge in [0.25, 0.3) is 10.0 Å². The highest BCUT2D eigenvalue weighted by molar-refractivity contribution is 9.10. The summed E-state index contributed by atoms with van der Waals surface area (Å²) in [4.78, 5) is 3.33. The van der Waals surface area contributed by atoms with E-state index in [1.54, 1.807) is 13.0 Å². The zero-order chi connectivity index (χ0) is 14.9. The first-order chi connectivity index (χ1) is 9.29. The Balaban J connectivity index is 2.46. The lowest BCUT2D eigenvalue weighted by molar-refractivity contribution is 0.566. The van der Waals surface area contributed by atoms with Gasteiger partial charge in [-0.3, -0.25) is 4.72 Å².